The molecule has 4 saturated carbocycles. The fraction of sp³-hybridized carbons (Fsp3) is 0.917. The summed E-state index contributed by atoms with van der Waals surface area (Å²) >= 11 is 5.57. The van der Waals surface area contributed by atoms with Crippen molar-refractivity contribution >= 4 is 17.1 Å². The largest absolute Gasteiger partial charge is 0.0891 e. The Morgan fingerprint density at radius 1 is 1.23 bits per heavy atom. The summed E-state index contributed by atoms with van der Waals surface area (Å²) in [6, 6.07) is 0. The summed E-state index contributed by atoms with van der Waals surface area (Å²) in [4.78, 5) is 1.46. The maximum atomic E-state index is 5.57. The SMILES string of the molecule is CCC12CC3CC(C1)C(=S)C(C3)C2. The second kappa shape index (κ2) is 2.56. The Labute approximate surface area is 86.1 Å². The van der Waals surface area contributed by atoms with Gasteiger partial charge in [-0.25, -0.2) is 0 Å². The average Bonchev–Trinajstić information content (AvgIpc) is 2.13. The minimum atomic E-state index is 0.735. The maximum Gasteiger partial charge on any atom is -0.000907 e. The van der Waals surface area contributed by atoms with Gasteiger partial charge in [-0.2, -0.15) is 0 Å². The predicted octanol–water partition coefficient (Wildman–Crippen LogP) is 3.59. The molecule has 0 heterocycles. The van der Waals surface area contributed by atoms with E-state index in [9.17, 15) is 0 Å². The van der Waals surface area contributed by atoms with Crippen molar-refractivity contribution in [2.75, 3.05) is 0 Å². The van der Waals surface area contributed by atoms with Crippen LogP contribution in [0.25, 0.3) is 0 Å². The zero-order valence-electron chi connectivity index (χ0n) is 8.38. The van der Waals surface area contributed by atoms with Crippen molar-refractivity contribution in [3.63, 3.8) is 0 Å². The standard InChI is InChI=1S/C12H18S/c1-2-12-5-8-3-9(6-12)11(13)10(4-8)7-12/h8-10H,2-7H2,1H3. The average molecular weight is 194 g/mol. The van der Waals surface area contributed by atoms with Gasteiger partial charge in [-0.3, -0.25) is 0 Å². The zero-order chi connectivity index (χ0) is 9.05. The van der Waals surface area contributed by atoms with Gasteiger partial charge in [-0.15, -0.1) is 0 Å². The van der Waals surface area contributed by atoms with Gasteiger partial charge in [0.05, 0.1) is 0 Å². The topological polar surface area (TPSA) is 0 Å². The van der Waals surface area contributed by atoms with Gasteiger partial charge in [0.2, 0.25) is 0 Å². The molecule has 4 fully saturated rings. The molecule has 2 unspecified atom stereocenters. The Bertz CT molecular complexity index is 238. The number of hydrogen-bond acceptors (Lipinski definition) is 1. The fourth-order valence-electron chi connectivity index (χ4n) is 4.34. The highest BCUT2D eigenvalue weighted by Gasteiger charge is 2.52. The second-order valence-corrected chi connectivity index (χ2v) is 6.07. The van der Waals surface area contributed by atoms with Crippen LogP contribution >= 0.6 is 12.2 Å². The van der Waals surface area contributed by atoms with Crippen LogP contribution < -0.4 is 0 Å². The zero-order valence-corrected chi connectivity index (χ0v) is 9.20. The molecular formula is C12H18S. The van der Waals surface area contributed by atoms with Crippen LogP contribution in [0.15, 0.2) is 0 Å². The monoisotopic (exact) mass is 194 g/mol. The molecule has 4 bridgehead atoms. The van der Waals surface area contributed by atoms with E-state index in [0.717, 1.165) is 23.2 Å². The van der Waals surface area contributed by atoms with E-state index >= 15 is 0 Å². The van der Waals surface area contributed by atoms with E-state index in [1.54, 1.807) is 0 Å². The van der Waals surface area contributed by atoms with Crippen molar-refractivity contribution in [1.29, 1.82) is 0 Å². The van der Waals surface area contributed by atoms with Gasteiger partial charge in [0, 0.05) is 0 Å². The van der Waals surface area contributed by atoms with Crippen LogP contribution in [0.3, 0.4) is 0 Å². The van der Waals surface area contributed by atoms with Gasteiger partial charge in [-0.05, 0) is 60.1 Å². The summed E-state index contributed by atoms with van der Waals surface area (Å²) in [6.45, 7) is 2.39. The Hall–Kier alpha value is 0.0900. The molecule has 0 N–H and O–H groups in total. The highest BCUT2D eigenvalue weighted by atomic mass is 32.1. The molecule has 2 atom stereocenters. The molecule has 0 saturated heterocycles. The quantitative estimate of drug-likeness (QED) is 0.575. The molecule has 13 heavy (non-hydrogen) atoms. The van der Waals surface area contributed by atoms with Gasteiger partial charge in [-0.1, -0.05) is 25.6 Å². The van der Waals surface area contributed by atoms with Gasteiger partial charge in [0.25, 0.3) is 0 Å². The molecule has 1 heteroatoms. The van der Waals surface area contributed by atoms with Crippen molar-refractivity contribution < 1.29 is 0 Å². The highest BCUT2D eigenvalue weighted by molar-refractivity contribution is 7.80. The van der Waals surface area contributed by atoms with Crippen molar-refractivity contribution in [2.24, 2.45) is 23.2 Å². The molecule has 0 spiro atoms. The molecule has 0 aromatic heterocycles. The maximum absolute atomic E-state index is 5.57. The van der Waals surface area contributed by atoms with Crippen molar-refractivity contribution in [2.45, 2.75) is 45.4 Å². The minimum absolute atomic E-state index is 0.735. The molecule has 0 nitrogen and oxygen atoms in total. The number of hydrogen-bond donors (Lipinski definition) is 0. The van der Waals surface area contributed by atoms with Crippen molar-refractivity contribution in [1.82, 2.24) is 0 Å². The third kappa shape index (κ3) is 1.06. The van der Waals surface area contributed by atoms with Crippen LogP contribution in [0.2, 0.25) is 0 Å². The molecular weight excluding hydrogens is 176 g/mol. The number of rotatable bonds is 1. The van der Waals surface area contributed by atoms with E-state index < -0.39 is 0 Å². The van der Waals surface area contributed by atoms with Crippen LogP contribution in [0.4, 0.5) is 0 Å². The van der Waals surface area contributed by atoms with Crippen molar-refractivity contribution in [3.05, 3.63) is 0 Å². The van der Waals surface area contributed by atoms with Crippen molar-refractivity contribution in [3.8, 4) is 0 Å². The normalized spacial score (nSPS) is 53.0. The summed E-state index contributed by atoms with van der Waals surface area (Å²) in [5, 5.41) is 0. The van der Waals surface area contributed by atoms with Crippen LogP contribution in [0.1, 0.15) is 45.4 Å². The molecule has 0 radical (unpaired) electrons. The van der Waals surface area contributed by atoms with Crippen LogP contribution in [0, 0.1) is 23.2 Å². The first-order valence-electron chi connectivity index (χ1n) is 5.76. The molecule has 0 amide bonds. The van der Waals surface area contributed by atoms with E-state index in [1.165, 1.54) is 43.4 Å². The van der Waals surface area contributed by atoms with E-state index in [0.29, 0.717) is 0 Å². The van der Waals surface area contributed by atoms with Gasteiger partial charge in [0.1, 0.15) is 0 Å². The van der Waals surface area contributed by atoms with E-state index in [2.05, 4.69) is 6.92 Å². The summed E-state index contributed by atoms with van der Waals surface area (Å²) in [5.74, 6) is 2.74. The molecule has 72 valence electrons. The lowest BCUT2D eigenvalue weighted by atomic mass is 9.49. The summed E-state index contributed by atoms with van der Waals surface area (Å²) < 4.78 is 0. The first-order valence-corrected chi connectivity index (χ1v) is 6.17. The van der Waals surface area contributed by atoms with E-state index in [4.69, 9.17) is 12.2 Å². The minimum Gasteiger partial charge on any atom is -0.0891 e. The van der Waals surface area contributed by atoms with Crippen LogP contribution in [-0.2, 0) is 0 Å². The highest BCUT2D eigenvalue weighted by Crippen LogP contribution is 2.60. The predicted molar refractivity (Wildman–Crippen MR) is 58.9 cm³/mol. The first kappa shape index (κ1) is 8.40. The lowest BCUT2D eigenvalue weighted by Gasteiger charge is -2.57. The van der Waals surface area contributed by atoms with Crippen LogP contribution in [-0.4, -0.2) is 4.86 Å². The summed E-state index contributed by atoms with van der Waals surface area (Å²) in [7, 11) is 0. The lowest BCUT2D eigenvalue weighted by Crippen LogP contribution is -2.50. The van der Waals surface area contributed by atoms with Gasteiger partial charge in [0.15, 0.2) is 0 Å². The first-order chi connectivity index (χ1) is 6.22. The molecule has 4 rings (SSSR count). The summed E-state index contributed by atoms with van der Waals surface area (Å²) in [5.41, 5.74) is 0.735. The van der Waals surface area contributed by atoms with Crippen LogP contribution in [0.5, 0.6) is 0 Å². The second-order valence-electron chi connectivity index (χ2n) is 5.60. The lowest BCUT2D eigenvalue weighted by molar-refractivity contribution is 0.0145. The van der Waals surface area contributed by atoms with Gasteiger partial charge >= 0.3 is 0 Å². The molecule has 0 aromatic carbocycles. The molecule has 0 aromatic rings. The summed E-state index contributed by atoms with van der Waals surface area (Å²) in [6.07, 6.45) is 8.69. The third-order valence-corrected chi connectivity index (χ3v) is 5.54. The Kier molecular flexibility index (Phi) is 1.66. The van der Waals surface area contributed by atoms with E-state index in [1.807, 2.05) is 0 Å². The number of thiocarbonyl (C=S) groups is 1. The molecule has 4 aliphatic rings. The Morgan fingerprint density at radius 2 is 1.85 bits per heavy atom. The molecule has 0 aliphatic heterocycles. The van der Waals surface area contributed by atoms with Gasteiger partial charge < -0.3 is 0 Å². The fourth-order valence-corrected chi connectivity index (χ4v) is 4.70. The Morgan fingerprint density at radius 3 is 2.38 bits per heavy atom. The van der Waals surface area contributed by atoms with E-state index in [-0.39, 0.29) is 0 Å². The third-order valence-electron chi connectivity index (χ3n) is 4.87. The smallest absolute Gasteiger partial charge is 0.000907 e. The molecule has 4 aliphatic carbocycles. The Balaban J connectivity index is 1.96.